The fourth-order valence-corrected chi connectivity index (χ4v) is 2.84. The second-order valence-corrected chi connectivity index (χ2v) is 6.12. The first-order valence-corrected chi connectivity index (χ1v) is 7.57. The van der Waals surface area contributed by atoms with Gasteiger partial charge in [-0.2, -0.15) is 0 Å². The third-order valence-electron chi connectivity index (χ3n) is 3.93. The van der Waals surface area contributed by atoms with Gasteiger partial charge in [0.15, 0.2) is 5.78 Å². The number of amides is 1. The zero-order chi connectivity index (χ0) is 16.0. The summed E-state index contributed by atoms with van der Waals surface area (Å²) < 4.78 is 0. The monoisotopic (exact) mass is 298 g/mol. The summed E-state index contributed by atoms with van der Waals surface area (Å²) >= 11 is 0. The van der Waals surface area contributed by atoms with Crippen molar-refractivity contribution in [1.29, 1.82) is 0 Å². The molecule has 1 aliphatic rings. The van der Waals surface area contributed by atoms with E-state index < -0.39 is 12.0 Å². The predicted octanol–water partition coefficient (Wildman–Crippen LogP) is 1.05. The van der Waals surface area contributed by atoms with Crippen molar-refractivity contribution >= 4 is 17.7 Å². The smallest absolute Gasteiger partial charge is 0.304 e. The molecule has 0 aromatic carbocycles. The van der Waals surface area contributed by atoms with E-state index in [0.29, 0.717) is 0 Å². The van der Waals surface area contributed by atoms with E-state index in [1.807, 2.05) is 18.7 Å². The van der Waals surface area contributed by atoms with Gasteiger partial charge in [-0.25, -0.2) is 0 Å². The summed E-state index contributed by atoms with van der Waals surface area (Å²) in [7, 11) is 0. The number of carboxylic acids is 1. The van der Waals surface area contributed by atoms with Crippen LogP contribution in [0.15, 0.2) is 0 Å². The lowest BCUT2D eigenvalue weighted by atomic mass is 9.99. The van der Waals surface area contributed by atoms with Crippen molar-refractivity contribution in [2.75, 3.05) is 13.1 Å². The summed E-state index contributed by atoms with van der Waals surface area (Å²) in [6.45, 7) is 6.15. The summed E-state index contributed by atoms with van der Waals surface area (Å²) in [5, 5.41) is 11.7. The first kappa shape index (κ1) is 17.6. The van der Waals surface area contributed by atoms with E-state index in [0.717, 1.165) is 25.8 Å². The minimum atomic E-state index is -0.837. The Balaban J connectivity index is 2.58. The van der Waals surface area contributed by atoms with Gasteiger partial charge >= 0.3 is 5.97 Å². The van der Waals surface area contributed by atoms with Gasteiger partial charge in [-0.05, 0) is 32.2 Å². The van der Waals surface area contributed by atoms with Gasteiger partial charge in [0.25, 0.3) is 0 Å². The number of carbonyl (C=O) groups excluding carboxylic acids is 2. The molecule has 2 atom stereocenters. The first-order chi connectivity index (χ1) is 9.81. The first-order valence-electron chi connectivity index (χ1n) is 7.57. The van der Waals surface area contributed by atoms with Gasteiger partial charge in [-0.3, -0.25) is 19.3 Å². The van der Waals surface area contributed by atoms with Gasteiger partial charge in [-0.15, -0.1) is 0 Å². The van der Waals surface area contributed by atoms with Crippen LogP contribution in [0.4, 0.5) is 0 Å². The average Bonchev–Trinajstić information content (AvgIpc) is 2.37. The molecule has 1 rings (SSSR count). The van der Waals surface area contributed by atoms with Gasteiger partial charge in [0.05, 0.1) is 19.0 Å². The largest absolute Gasteiger partial charge is 0.481 e. The maximum atomic E-state index is 12.1. The highest BCUT2D eigenvalue weighted by Crippen LogP contribution is 2.19. The number of nitrogens with one attached hydrogen (secondary N) is 1. The Morgan fingerprint density at radius 1 is 1.29 bits per heavy atom. The van der Waals surface area contributed by atoms with Crippen molar-refractivity contribution in [3.05, 3.63) is 0 Å². The summed E-state index contributed by atoms with van der Waals surface area (Å²) in [5.74, 6) is -1.06. The van der Waals surface area contributed by atoms with E-state index in [4.69, 9.17) is 5.11 Å². The van der Waals surface area contributed by atoms with E-state index >= 15 is 0 Å². The highest BCUT2D eigenvalue weighted by molar-refractivity contribution is 5.88. The van der Waals surface area contributed by atoms with E-state index in [1.165, 1.54) is 6.92 Å². The molecular weight excluding hydrogens is 272 g/mol. The normalized spacial score (nSPS) is 21.0. The average molecular weight is 298 g/mol. The van der Waals surface area contributed by atoms with Crippen molar-refractivity contribution in [1.82, 2.24) is 10.2 Å². The number of aliphatic carboxylic acids is 1. The molecule has 0 radical (unpaired) electrons. The number of hydrogen-bond acceptors (Lipinski definition) is 4. The molecule has 0 aromatic rings. The Bertz CT molecular complexity index is 395. The molecular formula is C15H26N2O4. The predicted molar refractivity (Wildman–Crippen MR) is 78.9 cm³/mol. The van der Waals surface area contributed by atoms with Crippen LogP contribution in [-0.2, 0) is 14.4 Å². The third-order valence-corrected chi connectivity index (χ3v) is 3.93. The number of likely N-dealkylation sites (tertiary alicyclic amines) is 1. The highest BCUT2D eigenvalue weighted by Gasteiger charge is 2.27. The van der Waals surface area contributed by atoms with Gasteiger partial charge in [0, 0.05) is 6.04 Å². The SMILES string of the molecule is CC(=O)C(NC(=O)CN1CCCCC1CC(=O)O)C(C)C. The van der Waals surface area contributed by atoms with Crippen LogP contribution in [0.3, 0.4) is 0 Å². The molecule has 120 valence electrons. The maximum Gasteiger partial charge on any atom is 0.304 e. The topological polar surface area (TPSA) is 86.7 Å². The molecule has 0 bridgehead atoms. The zero-order valence-electron chi connectivity index (χ0n) is 13.1. The molecule has 1 amide bonds. The lowest BCUT2D eigenvalue weighted by Gasteiger charge is -2.34. The van der Waals surface area contributed by atoms with Gasteiger partial charge < -0.3 is 10.4 Å². The van der Waals surface area contributed by atoms with Crippen molar-refractivity contribution in [3.8, 4) is 0 Å². The quantitative estimate of drug-likeness (QED) is 0.733. The lowest BCUT2D eigenvalue weighted by Crippen LogP contribution is -2.50. The molecule has 0 spiro atoms. The van der Waals surface area contributed by atoms with Crippen LogP contribution < -0.4 is 5.32 Å². The van der Waals surface area contributed by atoms with E-state index in [9.17, 15) is 14.4 Å². The molecule has 21 heavy (non-hydrogen) atoms. The molecule has 1 aliphatic heterocycles. The number of nitrogens with zero attached hydrogens (tertiary/aromatic N) is 1. The number of piperidine rings is 1. The number of rotatable bonds is 7. The number of carboxylic acid groups (broad SMARTS) is 1. The fraction of sp³-hybridized carbons (Fsp3) is 0.800. The van der Waals surface area contributed by atoms with Crippen LogP contribution in [0.5, 0.6) is 0 Å². The van der Waals surface area contributed by atoms with Crippen LogP contribution in [-0.4, -0.2) is 52.8 Å². The van der Waals surface area contributed by atoms with E-state index in [2.05, 4.69) is 5.32 Å². The minimum Gasteiger partial charge on any atom is -0.481 e. The molecule has 1 heterocycles. The lowest BCUT2D eigenvalue weighted by molar-refractivity contribution is -0.139. The molecule has 6 heteroatoms. The third kappa shape index (κ3) is 5.83. The Kier molecular flexibility index (Phi) is 6.81. The Morgan fingerprint density at radius 3 is 2.48 bits per heavy atom. The number of ketones is 1. The summed E-state index contributed by atoms with van der Waals surface area (Å²) in [4.78, 5) is 36.4. The summed E-state index contributed by atoms with van der Waals surface area (Å²) in [6.07, 6.45) is 2.84. The molecule has 0 aliphatic carbocycles. The van der Waals surface area contributed by atoms with Crippen LogP contribution in [0.2, 0.25) is 0 Å². The maximum absolute atomic E-state index is 12.1. The standard InChI is InChI=1S/C15H26N2O4/c1-10(2)15(11(3)18)16-13(19)9-17-7-5-4-6-12(17)8-14(20)21/h10,12,15H,4-9H2,1-3H3,(H,16,19)(H,20,21). The molecule has 1 fully saturated rings. The number of hydrogen-bond donors (Lipinski definition) is 2. The van der Waals surface area contributed by atoms with Gasteiger partial charge in [0.1, 0.15) is 0 Å². The fourth-order valence-electron chi connectivity index (χ4n) is 2.84. The van der Waals surface area contributed by atoms with E-state index in [1.54, 1.807) is 0 Å². The molecule has 0 aromatic heterocycles. The van der Waals surface area contributed by atoms with Crippen molar-refractivity contribution in [2.24, 2.45) is 5.92 Å². The molecule has 6 nitrogen and oxygen atoms in total. The molecule has 2 N–H and O–H groups in total. The Labute approximate surface area is 125 Å². The van der Waals surface area contributed by atoms with Crippen LogP contribution >= 0.6 is 0 Å². The summed E-state index contributed by atoms with van der Waals surface area (Å²) in [6, 6.07) is -0.558. The van der Waals surface area contributed by atoms with E-state index in [-0.39, 0.29) is 36.6 Å². The summed E-state index contributed by atoms with van der Waals surface area (Å²) in [5.41, 5.74) is 0. The second kappa shape index (κ2) is 8.12. The minimum absolute atomic E-state index is 0.0441. The Hall–Kier alpha value is -1.43. The van der Waals surface area contributed by atoms with Crippen LogP contribution in [0.25, 0.3) is 0 Å². The van der Waals surface area contributed by atoms with Gasteiger partial charge in [-0.1, -0.05) is 20.3 Å². The number of Topliss-reactive ketones (excluding diaryl/α,β-unsaturated/α-hetero) is 1. The van der Waals surface area contributed by atoms with Crippen molar-refractivity contribution in [2.45, 2.75) is 58.5 Å². The molecule has 1 saturated heterocycles. The Morgan fingerprint density at radius 2 is 1.95 bits per heavy atom. The number of carbonyl (C=O) groups is 3. The van der Waals surface area contributed by atoms with Crippen LogP contribution in [0, 0.1) is 5.92 Å². The van der Waals surface area contributed by atoms with Crippen LogP contribution in [0.1, 0.15) is 46.5 Å². The van der Waals surface area contributed by atoms with Crippen molar-refractivity contribution in [3.63, 3.8) is 0 Å². The molecule has 0 saturated carbocycles. The highest BCUT2D eigenvalue weighted by atomic mass is 16.4. The van der Waals surface area contributed by atoms with Crippen molar-refractivity contribution < 1.29 is 19.5 Å². The molecule has 2 unspecified atom stereocenters. The van der Waals surface area contributed by atoms with Gasteiger partial charge in [0.2, 0.25) is 5.91 Å². The zero-order valence-corrected chi connectivity index (χ0v) is 13.1. The second-order valence-electron chi connectivity index (χ2n) is 6.12.